The maximum atomic E-state index is 14.0. The summed E-state index contributed by atoms with van der Waals surface area (Å²) in [5.41, 5.74) is 0. The molecule has 0 spiro atoms. The second-order valence-corrected chi connectivity index (χ2v) is 5.76. The lowest BCUT2D eigenvalue weighted by atomic mass is 10.3. The molecule has 0 N–H and O–H groups in total. The van der Waals surface area contributed by atoms with E-state index >= 15 is 0 Å². The van der Waals surface area contributed by atoms with Gasteiger partial charge in [0.05, 0.1) is 14.2 Å². The van der Waals surface area contributed by atoms with Gasteiger partial charge in [-0.1, -0.05) is 0 Å². The number of hydrogen-bond acceptors (Lipinski definition) is 5. The summed E-state index contributed by atoms with van der Waals surface area (Å²) in [6.07, 6.45) is 0. The monoisotopic (exact) mass is 348 g/mol. The van der Waals surface area contributed by atoms with Crippen LogP contribution in [0, 0.1) is 17.5 Å². The molecule has 0 aliphatic heterocycles. The zero-order valence-corrected chi connectivity index (χ0v) is 12.8. The fourth-order valence-corrected chi connectivity index (χ4v) is 2.74. The van der Waals surface area contributed by atoms with Crippen LogP contribution in [0.3, 0.4) is 0 Å². The van der Waals surface area contributed by atoms with Crippen molar-refractivity contribution >= 4 is 10.1 Å². The molecule has 0 heterocycles. The third-order valence-corrected chi connectivity index (χ3v) is 4.05. The highest BCUT2D eigenvalue weighted by atomic mass is 32.2. The molecule has 0 amide bonds. The maximum Gasteiger partial charge on any atom is 0.342 e. The Hall–Kier alpha value is -2.42. The van der Waals surface area contributed by atoms with Crippen molar-refractivity contribution in [3.8, 4) is 17.2 Å². The molecule has 0 unspecified atom stereocenters. The highest BCUT2D eigenvalue weighted by Crippen LogP contribution is 2.33. The van der Waals surface area contributed by atoms with Crippen molar-refractivity contribution < 1.29 is 35.2 Å². The summed E-state index contributed by atoms with van der Waals surface area (Å²) < 4.78 is 78.7. The second kappa shape index (κ2) is 6.37. The molecule has 5 nitrogen and oxygen atoms in total. The van der Waals surface area contributed by atoms with Gasteiger partial charge in [-0.05, 0) is 12.1 Å². The molecule has 2 aromatic carbocycles. The van der Waals surface area contributed by atoms with Crippen LogP contribution >= 0.6 is 0 Å². The highest BCUT2D eigenvalue weighted by molar-refractivity contribution is 7.87. The summed E-state index contributed by atoms with van der Waals surface area (Å²) in [5.74, 6) is -4.18. The Morgan fingerprint density at radius 3 is 2.00 bits per heavy atom. The average molecular weight is 348 g/mol. The minimum absolute atomic E-state index is 0.0306. The minimum atomic E-state index is -4.71. The van der Waals surface area contributed by atoms with E-state index in [2.05, 4.69) is 4.18 Å². The van der Waals surface area contributed by atoms with Crippen LogP contribution in [0.1, 0.15) is 0 Å². The first kappa shape index (κ1) is 16.9. The molecule has 0 bridgehead atoms. The van der Waals surface area contributed by atoms with E-state index in [0.29, 0.717) is 6.07 Å². The Kier molecular flexibility index (Phi) is 4.69. The van der Waals surface area contributed by atoms with Crippen molar-refractivity contribution in [2.75, 3.05) is 14.2 Å². The van der Waals surface area contributed by atoms with E-state index in [0.717, 1.165) is 24.3 Å². The number of halogens is 3. The predicted molar refractivity (Wildman–Crippen MR) is 73.7 cm³/mol. The number of rotatable bonds is 5. The van der Waals surface area contributed by atoms with Crippen LogP contribution in [-0.4, -0.2) is 22.6 Å². The molecule has 0 aliphatic rings. The first-order valence-corrected chi connectivity index (χ1v) is 7.50. The molecule has 124 valence electrons. The number of benzene rings is 2. The number of ether oxygens (including phenoxy) is 2. The van der Waals surface area contributed by atoms with E-state index in [1.807, 2.05) is 0 Å². The first-order chi connectivity index (χ1) is 10.8. The molecule has 0 atom stereocenters. The van der Waals surface area contributed by atoms with Gasteiger partial charge in [-0.2, -0.15) is 8.42 Å². The maximum absolute atomic E-state index is 14.0. The molecule has 2 aromatic rings. The lowest BCUT2D eigenvalue weighted by Crippen LogP contribution is -2.13. The van der Waals surface area contributed by atoms with Gasteiger partial charge in [-0.25, -0.2) is 13.2 Å². The third kappa shape index (κ3) is 3.50. The smallest absolute Gasteiger partial charge is 0.342 e. The van der Waals surface area contributed by atoms with Gasteiger partial charge < -0.3 is 13.7 Å². The van der Waals surface area contributed by atoms with Crippen molar-refractivity contribution in [2.45, 2.75) is 4.90 Å². The van der Waals surface area contributed by atoms with Gasteiger partial charge in [0.1, 0.15) is 16.5 Å². The molecule has 0 aromatic heterocycles. The minimum Gasteiger partial charge on any atom is -0.493 e. The molecule has 23 heavy (non-hydrogen) atoms. The van der Waals surface area contributed by atoms with E-state index in [-0.39, 0.29) is 11.5 Å². The summed E-state index contributed by atoms with van der Waals surface area (Å²) in [7, 11) is -2.24. The lowest BCUT2D eigenvalue weighted by Gasteiger charge is -2.12. The van der Waals surface area contributed by atoms with Crippen LogP contribution in [-0.2, 0) is 10.1 Å². The zero-order chi connectivity index (χ0) is 17.2. The highest BCUT2D eigenvalue weighted by Gasteiger charge is 2.26. The van der Waals surface area contributed by atoms with Gasteiger partial charge in [0.15, 0.2) is 23.1 Å². The normalized spacial score (nSPS) is 11.2. The van der Waals surface area contributed by atoms with Crippen LogP contribution in [0.5, 0.6) is 17.2 Å². The standard InChI is InChI=1S/C14H11F3O5S/c1-20-12-6-10(17)14(7-13(12)21-2)23(18,19)22-11-4-3-8(15)5-9(11)16/h3-7H,1-2H3. The Morgan fingerprint density at radius 1 is 0.826 bits per heavy atom. The molecule has 0 radical (unpaired) electrons. The van der Waals surface area contributed by atoms with Crippen molar-refractivity contribution in [2.24, 2.45) is 0 Å². The number of hydrogen-bond donors (Lipinski definition) is 0. The molecule has 0 saturated heterocycles. The third-order valence-electron chi connectivity index (χ3n) is 2.80. The lowest BCUT2D eigenvalue weighted by molar-refractivity contribution is 0.349. The van der Waals surface area contributed by atoms with Crippen LogP contribution < -0.4 is 13.7 Å². The quantitative estimate of drug-likeness (QED) is 0.778. The molecule has 9 heteroatoms. The van der Waals surface area contributed by atoms with Crippen LogP contribution in [0.2, 0.25) is 0 Å². The average Bonchev–Trinajstić information content (AvgIpc) is 2.49. The van der Waals surface area contributed by atoms with Crippen molar-refractivity contribution in [1.29, 1.82) is 0 Å². The molecule has 0 aliphatic carbocycles. The molecular weight excluding hydrogens is 337 g/mol. The Balaban J connectivity index is 2.47. The fourth-order valence-electron chi connectivity index (χ4n) is 1.73. The van der Waals surface area contributed by atoms with Gasteiger partial charge in [0.2, 0.25) is 0 Å². The molecule has 0 fully saturated rings. The van der Waals surface area contributed by atoms with Crippen LogP contribution in [0.4, 0.5) is 13.2 Å². The van der Waals surface area contributed by atoms with E-state index in [1.165, 1.54) is 14.2 Å². The SMILES string of the molecule is COc1cc(F)c(S(=O)(=O)Oc2ccc(F)cc2F)cc1OC. The second-order valence-electron chi connectivity index (χ2n) is 4.25. The predicted octanol–water partition coefficient (Wildman–Crippen LogP) is 2.89. The van der Waals surface area contributed by atoms with E-state index in [9.17, 15) is 21.6 Å². The zero-order valence-electron chi connectivity index (χ0n) is 12.0. The summed E-state index contributed by atoms with van der Waals surface area (Å²) in [6, 6.07) is 3.65. The Bertz CT molecular complexity index is 837. The molecule has 2 rings (SSSR count). The summed E-state index contributed by atoms with van der Waals surface area (Å²) in [4.78, 5) is -0.876. The van der Waals surface area contributed by atoms with E-state index in [4.69, 9.17) is 9.47 Å². The van der Waals surface area contributed by atoms with E-state index in [1.54, 1.807) is 0 Å². The van der Waals surface area contributed by atoms with Gasteiger partial charge in [0.25, 0.3) is 0 Å². The van der Waals surface area contributed by atoms with Crippen LogP contribution in [0.15, 0.2) is 35.2 Å². The Labute approximate surface area is 130 Å². The van der Waals surface area contributed by atoms with Crippen molar-refractivity contribution in [1.82, 2.24) is 0 Å². The fraction of sp³-hybridized carbons (Fsp3) is 0.143. The Morgan fingerprint density at radius 2 is 1.43 bits per heavy atom. The largest absolute Gasteiger partial charge is 0.493 e. The van der Waals surface area contributed by atoms with Gasteiger partial charge in [-0.3, -0.25) is 0 Å². The van der Waals surface area contributed by atoms with Gasteiger partial charge in [0, 0.05) is 18.2 Å². The number of methoxy groups -OCH3 is 2. The summed E-state index contributed by atoms with van der Waals surface area (Å²) >= 11 is 0. The molecule has 0 saturated carbocycles. The summed E-state index contributed by atoms with van der Waals surface area (Å²) in [6.45, 7) is 0. The van der Waals surface area contributed by atoms with Crippen molar-refractivity contribution in [3.05, 3.63) is 47.8 Å². The molecular formula is C14H11F3O5S. The summed E-state index contributed by atoms with van der Waals surface area (Å²) in [5, 5.41) is 0. The van der Waals surface area contributed by atoms with Crippen LogP contribution in [0.25, 0.3) is 0 Å². The first-order valence-electron chi connectivity index (χ1n) is 6.09. The van der Waals surface area contributed by atoms with Crippen molar-refractivity contribution in [3.63, 3.8) is 0 Å². The van der Waals surface area contributed by atoms with Gasteiger partial charge in [-0.15, -0.1) is 0 Å². The van der Waals surface area contributed by atoms with E-state index < -0.39 is 38.2 Å². The topological polar surface area (TPSA) is 61.8 Å². The van der Waals surface area contributed by atoms with Gasteiger partial charge >= 0.3 is 10.1 Å².